The van der Waals surface area contributed by atoms with E-state index in [0.717, 1.165) is 19.5 Å². The van der Waals surface area contributed by atoms with E-state index in [-0.39, 0.29) is 11.7 Å². The second kappa shape index (κ2) is 10.4. The zero-order chi connectivity index (χ0) is 21.5. The molecule has 1 unspecified atom stereocenters. The van der Waals surface area contributed by atoms with Gasteiger partial charge in [-0.05, 0) is 37.1 Å². The molecule has 1 amide bonds. The number of carbonyl (C=O) groups excluding carboxylic acids is 1. The molecular formula is C25H28FN3O2. The Morgan fingerprint density at radius 1 is 1.13 bits per heavy atom. The standard InChI is InChI=1S/C25H28FN3O2/c26-22-12-5-4-11-21(22)23-17-28-25(31-23)14-13-24(30)27-16-20-10-6-7-15-29(20)18-19-8-2-1-3-9-19/h1-5,8-9,11-12,17,20H,6-7,10,13-16,18H2,(H,27,30). The Bertz CT molecular complexity index is 989. The fraction of sp³-hybridized carbons (Fsp3) is 0.360. The zero-order valence-electron chi connectivity index (χ0n) is 17.6. The van der Waals surface area contributed by atoms with Crippen molar-refractivity contribution >= 4 is 5.91 Å². The van der Waals surface area contributed by atoms with Crippen molar-refractivity contribution in [1.29, 1.82) is 0 Å². The number of hydrogen-bond acceptors (Lipinski definition) is 4. The maximum atomic E-state index is 13.9. The Morgan fingerprint density at radius 2 is 1.94 bits per heavy atom. The van der Waals surface area contributed by atoms with Gasteiger partial charge >= 0.3 is 0 Å². The van der Waals surface area contributed by atoms with E-state index in [2.05, 4.69) is 39.5 Å². The summed E-state index contributed by atoms with van der Waals surface area (Å²) in [7, 11) is 0. The first kappa shape index (κ1) is 21.2. The van der Waals surface area contributed by atoms with Gasteiger partial charge < -0.3 is 9.73 Å². The molecule has 31 heavy (non-hydrogen) atoms. The molecule has 3 aromatic rings. The molecule has 0 radical (unpaired) electrons. The molecule has 1 N–H and O–H groups in total. The van der Waals surface area contributed by atoms with Gasteiger partial charge in [-0.15, -0.1) is 0 Å². The van der Waals surface area contributed by atoms with E-state index in [1.807, 2.05) is 6.07 Å². The monoisotopic (exact) mass is 421 g/mol. The first-order valence-electron chi connectivity index (χ1n) is 10.9. The van der Waals surface area contributed by atoms with E-state index < -0.39 is 0 Å². The van der Waals surface area contributed by atoms with Crippen LogP contribution in [0.3, 0.4) is 0 Å². The number of aryl methyl sites for hydroxylation is 1. The third kappa shape index (κ3) is 5.79. The third-order valence-electron chi connectivity index (χ3n) is 5.77. The molecule has 1 atom stereocenters. The maximum Gasteiger partial charge on any atom is 0.220 e. The second-order valence-electron chi connectivity index (χ2n) is 8.01. The van der Waals surface area contributed by atoms with Crippen molar-refractivity contribution < 1.29 is 13.6 Å². The highest BCUT2D eigenvalue weighted by Gasteiger charge is 2.23. The number of rotatable bonds is 8. The highest BCUT2D eigenvalue weighted by Crippen LogP contribution is 2.23. The van der Waals surface area contributed by atoms with Crippen molar-refractivity contribution in [3.05, 3.63) is 78.1 Å². The van der Waals surface area contributed by atoms with Crippen LogP contribution in [0.2, 0.25) is 0 Å². The molecule has 2 heterocycles. The number of hydrogen-bond donors (Lipinski definition) is 1. The molecule has 1 aliphatic rings. The predicted octanol–water partition coefficient (Wildman–Crippen LogP) is 4.58. The van der Waals surface area contributed by atoms with Crippen molar-refractivity contribution in [3.8, 4) is 11.3 Å². The van der Waals surface area contributed by atoms with E-state index in [4.69, 9.17) is 4.42 Å². The highest BCUT2D eigenvalue weighted by atomic mass is 19.1. The summed E-state index contributed by atoms with van der Waals surface area (Å²) < 4.78 is 19.5. The van der Waals surface area contributed by atoms with Crippen LogP contribution in [0.4, 0.5) is 4.39 Å². The number of amides is 1. The van der Waals surface area contributed by atoms with Crippen molar-refractivity contribution in [2.75, 3.05) is 13.1 Å². The van der Waals surface area contributed by atoms with Gasteiger partial charge in [-0.2, -0.15) is 0 Å². The van der Waals surface area contributed by atoms with Crippen LogP contribution in [0.15, 0.2) is 65.2 Å². The molecule has 0 saturated carbocycles. The number of nitrogens with one attached hydrogen (secondary N) is 1. The zero-order valence-corrected chi connectivity index (χ0v) is 17.6. The van der Waals surface area contributed by atoms with Gasteiger partial charge in [-0.25, -0.2) is 9.37 Å². The first-order valence-corrected chi connectivity index (χ1v) is 10.9. The third-order valence-corrected chi connectivity index (χ3v) is 5.77. The fourth-order valence-corrected chi connectivity index (χ4v) is 4.07. The van der Waals surface area contributed by atoms with Crippen LogP contribution in [-0.2, 0) is 17.8 Å². The van der Waals surface area contributed by atoms with Gasteiger partial charge in [-0.1, -0.05) is 48.9 Å². The minimum absolute atomic E-state index is 0.0177. The van der Waals surface area contributed by atoms with E-state index in [1.54, 1.807) is 18.2 Å². The SMILES string of the molecule is O=C(CCc1ncc(-c2ccccc2F)o1)NCC1CCCCN1Cc1ccccc1. The minimum Gasteiger partial charge on any atom is -0.441 e. The molecular weight excluding hydrogens is 393 g/mol. The molecule has 1 aromatic heterocycles. The van der Waals surface area contributed by atoms with Crippen molar-refractivity contribution in [2.24, 2.45) is 0 Å². The van der Waals surface area contributed by atoms with Crippen LogP contribution in [0.1, 0.15) is 37.1 Å². The fourth-order valence-electron chi connectivity index (χ4n) is 4.07. The number of carbonyl (C=O) groups is 1. The Morgan fingerprint density at radius 3 is 2.77 bits per heavy atom. The molecule has 2 aromatic carbocycles. The summed E-state index contributed by atoms with van der Waals surface area (Å²) in [6.07, 6.45) is 5.68. The molecule has 0 bridgehead atoms. The molecule has 0 spiro atoms. The number of halogens is 1. The molecule has 6 heteroatoms. The molecule has 1 aliphatic heterocycles. The van der Waals surface area contributed by atoms with Crippen LogP contribution in [0.5, 0.6) is 0 Å². The van der Waals surface area contributed by atoms with Crippen LogP contribution in [0, 0.1) is 5.82 Å². The lowest BCUT2D eigenvalue weighted by Crippen LogP contribution is -2.46. The Kier molecular flexibility index (Phi) is 7.10. The lowest BCUT2D eigenvalue weighted by molar-refractivity contribution is -0.121. The normalized spacial score (nSPS) is 16.9. The lowest BCUT2D eigenvalue weighted by atomic mass is 10.0. The number of aromatic nitrogens is 1. The van der Waals surface area contributed by atoms with Crippen LogP contribution in [0.25, 0.3) is 11.3 Å². The van der Waals surface area contributed by atoms with Gasteiger partial charge in [0, 0.05) is 32.0 Å². The summed E-state index contributed by atoms with van der Waals surface area (Å²) >= 11 is 0. The average molecular weight is 422 g/mol. The topological polar surface area (TPSA) is 58.4 Å². The average Bonchev–Trinajstić information content (AvgIpc) is 3.27. The summed E-state index contributed by atoms with van der Waals surface area (Å²) in [6, 6.07) is 17.2. The molecule has 1 saturated heterocycles. The van der Waals surface area contributed by atoms with Crippen molar-refractivity contribution in [1.82, 2.24) is 15.2 Å². The number of nitrogens with zero attached hydrogens (tertiary/aromatic N) is 2. The molecule has 4 rings (SSSR count). The number of likely N-dealkylation sites (tertiary alicyclic amines) is 1. The maximum absolute atomic E-state index is 13.9. The van der Waals surface area contributed by atoms with E-state index in [0.29, 0.717) is 42.6 Å². The smallest absolute Gasteiger partial charge is 0.220 e. The highest BCUT2D eigenvalue weighted by molar-refractivity contribution is 5.76. The summed E-state index contributed by atoms with van der Waals surface area (Å²) in [5.74, 6) is 0.454. The largest absolute Gasteiger partial charge is 0.441 e. The van der Waals surface area contributed by atoms with Crippen LogP contribution in [-0.4, -0.2) is 34.9 Å². The molecule has 5 nitrogen and oxygen atoms in total. The van der Waals surface area contributed by atoms with E-state index >= 15 is 0 Å². The number of benzene rings is 2. The molecule has 162 valence electrons. The first-order chi connectivity index (χ1) is 15.2. The van der Waals surface area contributed by atoms with Gasteiger partial charge in [0.2, 0.25) is 5.91 Å². The Labute approximate surface area is 182 Å². The summed E-state index contributed by atoms with van der Waals surface area (Å²) in [6.45, 7) is 2.62. The quantitative estimate of drug-likeness (QED) is 0.578. The Hall–Kier alpha value is -2.99. The summed E-state index contributed by atoms with van der Waals surface area (Å²) in [5.41, 5.74) is 1.68. The van der Waals surface area contributed by atoms with Crippen molar-refractivity contribution in [2.45, 2.75) is 44.7 Å². The summed E-state index contributed by atoms with van der Waals surface area (Å²) in [5, 5.41) is 3.08. The van der Waals surface area contributed by atoms with E-state index in [1.165, 1.54) is 30.7 Å². The predicted molar refractivity (Wildman–Crippen MR) is 118 cm³/mol. The van der Waals surface area contributed by atoms with Crippen LogP contribution >= 0.6 is 0 Å². The van der Waals surface area contributed by atoms with Gasteiger partial charge in [0.15, 0.2) is 11.7 Å². The van der Waals surface area contributed by atoms with Gasteiger partial charge in [0.25, 0.3) is 0 Å². The van der Waals surface area contributed by atoms with Gasteiger partial charge in [-0.3, -0.25) is 9.69 Å². The number of oxazole rings is 1. The van der Waals surface area contributed by atoms with Gasteiger partial charge in [0.1, 0.15) is 5.82 Å². The van der Waals surface area contributed by atoms with Gasteiger partial charge in [0.05, 0.1) is 11.8 Å². The second-order valence-corrected chi connectivity index (χ2v) is 8.01. The van der Waals surface area contributed by atoms with Crippen molar-refractivity contribution in [3.63, 3.8) is 0 Å². The Balaban J connectivity index is 1.26. The summed E-state index contributed by atoms with van der Waals surface area (Å²) in [4.78, 5) is 19.1. The minimum atomic E-state index is -0.351. The molecule has 0 aliphatic carbocycles. The lowest BCUT2D eigenvalue weighted by Gasteiger charge is -2.35. The van der Waals surface area contributed by atoms with Crippen LogP contribution < -0.4 is 5.32 Å². The van der Waals surface area contributed by atoms with E-state index in [9.17, 15) is 9.18 Å². The number of piperidine rings is 1. The molecule has 1 fully saturated rings.